The van der Waals surface area contributed by atoms with Crippen molar-refractivity contribution >= 4 is 0 Å². The highest BCUT2D eigenvalue weighted by atomic mass is 15.1. The quantitative estimate of drug-likeness (QED) is 0.767. The molecule has 0 aromatic heterocycles. The van der Waals surface area contributed by atoms with Gasteiger partial charge in [-0.2, -0.15) is 0 Å². The maximum atomic E-state index is 5.85. The fraction of sp³-hybridized carbons (Fsp3) is 1.00. The van der Waals surface area contributed by atoms with E-state index < -0.39 is 0 Å². The van der Waals surface area contributed by atoms with Crippen molar-refractivity contribution < 1.29 is 0 Å². The van der Waals surface area contributed by atoms with E-state index in [1.165, 1.54) is 38.9 Å². The van der Waals surface area contributed by atoms with E-state index >= 15 is 0 Å². The van der Waals surface area contributed by atoms with Crippen molar-refractivity contribution in [2.45, 2.75) is 39.2 Å². The third-order valence-corrected chi connectivity index (χ3v) is 4.31. The molecule has 0 amide bonds. The third kappa shape index (κ3) is 4.94. The van der Waals surface area contributed by atoms with Gasteiger partial charge in [-0.15, -0.1) is 0 Å². The largest absolute Gasteiger partial charge is 0.329 e. The molecule has 102 valence electrons. The predicted molar refractivity (Wildman–Crippen MR) is 75.1 cm³/mol. The van der Waals surface area contributed by atoms with Gasteiger partial charge in [0.25, 0.3) is 0 Å². The summed E-state index contributed by atoms with van der Waals surface area (Å²) in [6.07, 6.45) is 4.09. The van der Waals surface area contributed by atoms with Crippen molar-refractivity contribution in [2.24, 2.45) is 17.6 Å². The average molecular weight is 241 g/mol. The summed E-state index contributed by atoms with van der Waals surface area (Å²) < 4.78 is 0. The molecule has 0 saturated carbocycles. The summed E-state index contributed by atoms with van der Waals surface area (Å²) in [6, 6.07) is 0.543. The number of piperidine rings is 1. The Labute approximate surface area is 107 Å². The Morgan fingerprint density at radius 2 is 1.88 bits per heavy atom. The van der Waals surface area contributed by atoms with E-state index in [-0.39, 0.29) is 0 Å². The highest BCUT2D eigenvalue weighted by Gasteiger charge is 2.20. The minimum Gasteiger partial charge on any atom is -0.329 e. The molecule has 3 heteroatoms. The Hall–Kier alpha value is -0.120. The van der Waals surface area contributed by atoms with Crippen molar-refractivity contribution in [1.29, 1.82) is 0 Å². The number of hydrogen-bond acceptors (Lipinski definition) is 3. The molecule has 1 fully saturated rings. The van der Waals surface area contributed by atoms with E-state index in [0.29, 0.717) is 12.0 Å². The SMILES string of the molecule is CC(C)C(CN)N(C)CCC1CCN(C)CC1. The molecule has 0 radical (unpaired) electrons. The van der Waals surface area contributed by atoms with Crippen LogP contribution in [0.25, 0.3) is 0 Å². The zero-order valence-corrected chi connectivity index (χ0v) is 12.2. The van der Waals surface area contributed by atoms with Gasteiger partial charge in [-0.1, -0.05) is 13.8 Å². The summed E-state index contributed by atoms with van der Waals surface area (Å²) >= 11 is 0. The summed E-state index contributed by atoms with van der Waals surface area (Å²) in [5, 5.41) is 0. The van der Waals surface area contributed by atoms with Gasteiger partial charge in [0.05, 0.1) is 0 Å². The van der Waals surface area contributed by atoms with Crippen LogP contribution in [0.1, 0.15) is 33.1 Å². The van der Waals surface area contributed by atoms with E-state index in [1.54, 1.807) is 0 Å². The van der Waals surface area contributed by atoms with E-state index in [2.05, 4.69) is 37.7 Å². The van der Waals surface area contributed by atoms with Gasteiger partial charge in [-0.3, -0.25) is 0 Å². The van der Waals surface area contributed by atoms with E-state index in [0.717, 1.165) is 12.5 Å². The lowest BCUT2D eigenvalue weighted by atomic mass is 9.93. The molecule has 1 atom stereocenters. The molecule has 1 aliphatic heterocycles. The number of likely N-dealkylation sites (tertiary alicyclic amines) is 1. The van der Waals surface area contributed by atoms with Crippen LogP contribution in [-0.2, 0) is 0 Å². The average Bonchev–Trinajstić information content (AvgIpc) is 2.28. The maximum Gasteiger partial charge on any atom is 0.0238 e. The third-order valence-electron chi connectivity index (χ3n) is 4.31. The van der Waals surface area contributed by atoms with Crippen LogP contribution in [0.5, 0.6) is 0 Å². The molecule has 3 nitrogen and oxygen atoms in total. The molecule has 1 rings (SSSR count). The van der Waals surface area contributed by atoms with Gasteiger partial charge in [0.15, 0.2) is 0 Å². The molecule has 0 bridgehead atoms. The minimum absolute atomic E-state index is 0.543. The number of rotatable bonds is 6. The second kappa shape index (κ2) is 7.34. The molecule has 0 aromatic rings. The van der Waals surface area contributed by atoms with Crippen LogP contribution in [-0.4, -0.2) is 56.1 Å². The van der Waals surface area contributed by atoms with Crippen LogP contribution in [0.4, 0.5) is 0 Å². The zero-order chi connectivity index (χ0) is 12.8. The molecule has 17 heavy (non-hydrogen) atoms. The van der Waals surface area contributed by atoms with Gasteiger partial charge in [0, 0.05) is 12.6 Å². The van der Waals surface area contributed by atoms with Crippen LogP contribution >= 0.6 is 0 Å². The van der Waals surface area contributed by atoms with Gasteiger partial charge in [0.1, 0.15) is 0 Å². The first-order valence-electron chi connectivity index (χ1n) is 7.13. The highest BCUT2D eigenvalue weighted by Crippen LogP contribution is 2.20. The Kier molecular flexibility index (Phi) is 6.45. The fourth-order valence-electron chi connectivity index (χ4n) is 2.86. The van der Waals surface area contributed by atoms with Gasteiger partial charge in [-0.05, 0) is 64.8 Å². The fourth-order valence-corrected chi connectivity index (χ4v) is 2.86. The van der Waals surface area contributed by atoms with Crippen LogP contribution in [0.2, 0.25) is 0 Å². The molecule has 2 N–H and O–H groups in total. The van der Waals surface area contributed by atoms with Crippen LogP contribution in [0.3, 0.4) is 0 Å². The van der Waals surface area contributed by atoms with Gasteiger partial charge in [0.2, 0.25) is 0 Å². The monoisotopic (exact) mass is 241 g/mol. The Balaban J connectivity index is 2.25. The van der Waals surface area contributed by atoms with E-state index in [1.807, 2.05) is 0 Å². The lowest BCUT2D eigenvalue weighted by Crippen LogP contribution is -2.43. The van der Waals surface area contributed by atoms with Gasteiger partial charge < -0.3 is 15.5 Å². The van der Waals surface area contributed by atoms with Crippen molar-refractivity contribution in [2.75, 3.05) is 40.3 Å². The van der Waals surface area contributed by atoms with Gasteiger partial charge >= 0.3 is 0 Å². The van der Waals surface area contributed by atoms with Crippen LogP contribution in [0, 0.1) is 11.8 Å². The Morgan fingerprint density at radius 3 is 2.35 bits per heavy atom. The zero-order valence-electron chi connectivity index (χ0n) is 12.2. The smallest absolute Gasteiger partial charge is 0.0238 e. The number of hydrogen-bond donors (Lipinski definition) is 1. The molecule has 0 aromatic carbocycles. The Morgan fingerprint density at radius 1 is 1.29 bits per heavy atom. The first kappa shape index (κ1) is 14.9. The lowest BCUT2D eigenvalue weighted by Gasteiger charge is -2.33. The summed E-state index contributed by atoms with van der Waals surface area (Å²) in [4.78, 5) is 4.90. The van der Waals surface area contributed by atoms with Crippen LogP contribution in [0.15, 0.2) is 0 Å². The van der Waals surface area contributed by atoms with E-state index in [9.17, 15) is 0 Å². The number of nitrogens with zero attached hydrogens (tertiary/aromatic N) is 2. The van der Waals surface area contributed by atoms with Crippen LogP contribution < -0.4 is 5.73 Å². The molecule has 1 unspecified atom stereocenters. The molecular formula is C14H31N3. The minimum atomic E-state index is 0.543. The normalized spacial score (nSPS) is 21.4. The topological polar surface area (TPSA) is 32.5 Å². The van der Waals surface area contributed by atoms with Crippen molar-refractivity contribution in [3.63, 3.8) is 0 Å². The van der Waals surface area contributed by atoms with Crippen molar-refractivity contribution in [3.05, 3.63) is 0 Å². The molecule has 1 aliphatic rings. The number of likely N-dealkylation sites (N-methyl/N-ethyl adjacent to an activating group) is 1. The summed E-state index contributed by atoms with van der Waals surface area (Å²) in [5.74, 6) is 1.58. The van der Waals surface area contributed by atoms with Crippen molar-refractivity contribution in [1.82, 2.24) is 9.80 Å². The summed E-state index contributed by atoms with van der Waals surface area (Å²) in [7, 11) is 4.46. The highest BCUT2D eigenvalue weighted by molar-refractivity contribution is 4.76. The first-order valence-corrected chi connectivity index (χ1v) is 7.13. The van der Waals surface area contributed by atoms with E-state index in [4.69, 9.17) is 5.73 Å². The summed E-state index contributed by atoms with van der Waals surface area (Å²) in [6.45, 7) is 9.07. The molecular weight excluding hydrogens is 210 g/mol. The molecule has 0 aliphatic carbocycles. The standard InChI is InChI=1S/C14H31N3/c1-12(2)14(11-15)17(4)10-7-13-5-8-16(3)9-6-13/h12-14H,5-11,15H2,1-4H3. The van der Waals surface area contributed by atoms with Gasteiger partial charge in [-0.25, -0.2) is 0 Å². The lowest BCUT2D eigenvalue weighted by molar-refractivity contribution is 0.160. The first-order chi connectivity index (χ1) is 8.04. The predicted octanol–water partition coefficient (Wildman–Crippen LogP) is 1.63. The second-order valence-corrected chi connectivity index (χ2v) is 6.06. The maximum absolute atomic E-state index is 5.85. The Bertz CT molecular complexity index is 198. The summed E-state index contributed by atoms with van der Waals surface area (Å²) in [5.41, 5.74) is 5.85. The van der Waals surface area contributed by atoms with Crippen molar-refractivity contribution in [3.8, 4) is 0 Å². The second-order valence-electron chi connectivity index (χ2n) is 6.06. The molecule has 0 spiro atoms. The number of nitrogens with two attached hydrogens (primary N) is 1. The molecule has 1 heterocycles. The molecule has 1 saturated heterocycles.